The lowest BCUT2D eigenvalue weighted by Gasteiger charge is -2.20. The van der Waals surface area contributed by atoms with E-state index in [-0.39, 0.29) is 10.8 Å². The summed E-state index contributed by atoms with van der Waals surface area (Å²) in [6.07, 6.45) is 1.09. The highest BCUT2D eigenvalue weighted by Gasteiger charge is 2.09. The maximum absolute atomic E-state index is 12.1. The van der Waals surface area contributed by atoms with Crippen molar-refractivity contribution in [2.75, 3.05) is 19.6 Å². The first-order chi connectivity index (χ1) is 12.9. The number of benzene rings is 2. The van der Waals surface area contributed by atoms with Crippen LogP contribution in [-0.2, 0) is 27.8 Å². The number of hydrogen-bond donors (Lipinski definition) is 2. The van der Waals surface area contributed by atoms with Crippen molar-refractivity contribution < 1.29 is 13.2 Å². The zero-order valence-corrected chi connectivity index (χ0v) is 16.4. The summed E-state index contributed by atoms with van der Waals surface area (Å²) in [5.74, 6) is 0.0164. The molecule has 0 saturated carbocycles. The van der Waals surface area contributed by atoms with Crippen LogP contribution < -0.4 is 10.5 Å². The maximum atomic E-state index is 12.1. The normalized spacial score (nSPS) is 11.5. The van der Waals surface area contributed by atoms with Gasteiger partial charge in [0.1, 0.15) is 0 Å². The molecule has 0 fully saturated rings. The number of rotatable bonds is 10. The molecule has 0 atom stereocenters. The molecule has 0 bridgehead atoms. The van der Waals surface area contributed by atoms with Gasteiger partial charge in [-0.05, 0) is 36.2 Å². The van der Waals surface area contributed by atoms with E-state index in [1.807, 2.05) is 18.2 Å². The summed E-state index contributed by atoms with van der Waals surface area (Å²) in [5, 5.41) is 7.99. The fourth-order valence-electron chi connectivity index (χ4n) is 2.73. The van der Waals surface area contributed by atoms with Gasteiger partial charge in [0, 0.05) is 26.1 Å². The van der Waals surface area contributed by atoms with Gasteiger partial charge in [0.25, 0.3) is 0 Å². The number of nitrogens with two attached hydrogens (primary N) is 1. The van der Waals surface area contributed by atoms with Crippen molar-refractivity contribution in [3.05, 3.63) is 65.7 Å². The van der Waals surface area contributed by atoms with Crippen molar-refractivity contribution in [3.63, 3.8) is 0 Å². The summed E-state index contributed by atoms with van der Waals surface area (Å²) in [7, 11) is -3.67. The first kappa shape index (κ1) is 21.1. The van der Waals surface area contributed by atoms with Crippen LogP contribution in [0.25, 0.3) is 0 Å². The summed E-state index contributed by atoms with van der Waals surface area (Å²) in [4.78, 5) is 14.4. The van der Waals surface area contributed by atoms with Crippen LogP contribution in [0.1, 0.15) is 24.5 Å². The first-order valence-corrected chi connectivity index (χ1v) is 10.6. The molecule has 0 radical (unpaired) electrons. The Morgan fingerprint density at radius 3 is 2.30 bits per heavy atom. The molecule has 6 nitrogen and oxygen atoms in total. The minimum Gasteiger partial charge on any atom is -0.356 e. The van der Waals surface area contributed by atoms with Gasteiger partial charge in [-0.2, -0.15) is 0 Å². The summed E-state index contributed by atoms with van der Waals surface area (Å²) in [5.41, 5.74) is 2.18. The molecule has 0 spiro atoms. The minimum absolute atomic E-state index is 0.0164. The Morgan fingerprint density at radius 2 is 1.70 bits per heavy atom. The molecular formula is C20H27N3O3S. The molecule has 0 aliphatic carbocycles. The molecule has 2 aromatic rings. The predicted molar refractivity (Wildman–Crippen MR) is 107 cm³/mol. The van der Waals surface area contributed by atoms with Gasteiger partial charge in [0.15, 0.2) is 0 Å². The van der Waals surface area contributed by atoms with Gasteiger partial charge in [-0.25, -0.2) is 13.6 Å². The third-order valence-corrected chi connectivity index (χ3v) is 5.27. The molecule has 3 N–H and O–H groups in total. The SMILES string of the molecule is CCN(CCC(=O)NCCc1ccc(S(N)(=O)=O)cc1)Cc1ccccc1. The van der Waals surface area contributed by atoms with Crippen LogP contribution in [0.3, 0.4) is 0 Å². The van der Waals surface area contributed by atoms with Crippen LogP contribution >= 0.6 is 0 Å². The Balaban J connectivity index is 1.71. The van der Waals surface area contributed by atoms with Crippen LogP contribution in [0.15, 0.2) is 59.5 Å². The average Bonchev–Trinajstić information content (AvgIpc) is 2.65. The number of primary sulfonamides is 1. The van der Waals surface area contributed by atoms with Gasteiger partial charge in [-0.3, -0.25) is 9.69 Å². The molecule has 0 aromatic heterocycles. The Hall–Kier alpha value is -2.22. The van der Waals surface area contributed by atoms with Crippen LogP contribution in [0.2, 0.25) is 0 Å². The van der Waals surface area contributed by atoms with Gasteiger partial charge in [-0.1, -0.05) is 49.4 Å². The van der Waals surface area contributed by atoms with E-state index in [1.165, 1.54) is 17.7 Å². The largest absolute Gasteiger partial charge is 0.356 e. The summed E-state index contributed by atoms with van der Waals surface area (Å²) < 4.78 is 22.5. The van der Waals surface area contributed by atoms with Crippen LogP contribution in [0.5, 0.6) is 0 Å². The zero-order valence-electron chi connectivity index (χ0n) is 15.6. The number of nitrogens with one attached hydrogen (secondary N) is 1. The fraction of sp³-hybridized carbons (Fsp3) is 0.350. The molecule has 0 aliphatic rings. The predicted octanol–water partition coefficient (Wildman–Crippen LogP) is 1.90. The molecule has 0 heterocycles. The van der Waals surface area contributed by atoms with Crippen molar-refractivity contribution in [1.29, 1.82) is 0 Å². The van der Waals surface area contributed by atoms with Gasteiger partial charge >= 0.3 is 0 Å². The van der Waals surface area contributed by atoms with Crippen molar-refractivity contribution >= 4 is 15.9 Å². The molecular weight excluding hydrogens is 362 g/mol. The lowest BCUT2D eigenvalue weighted by Crippen LogP contribution is -2.31. The monoisotopic (exact) mass is 389 g/mol. The highest BCUT2D eigenvalue weighted by molar-refractivity contribution is 7.89. The Labute approximate surface area is 161 Å². The summed E-state index contributed by atoms with van der Waals surface area (Å²) in [6.45, 7) is 5.03. The zero-order chi connectivity index (χ0) is 19.7. The molecule has 146 valence electrons. The number of amides is 1. The topological polar surface area (TPSA) is 92.5 Å². The third kappa shape index (κ3) is 7.50. The van der Waals surface area contributed by atoms with Gasteiger partial charge in [0.2, 0.25) is 15.9 Å². The highest BCUT2D eigenvalue weighted by atomic mass is 32.2. The van der Waals surface area contributed by atoms with Crippen LogP contribution in [0.4, 0.5) is 0 Å². The number of carbonyl (C=O) groups excluding carboxylic acids is 1. The standard InChI is InChI=1S/C20H27N3O3S/c1-2-23(16-18-6-4-3-5-7-18)15-13-20(24)22-14-12-17-8-10-19(11-9-17)27(21,25)26/h3-11H,2,12-16H2,1H3,(H,22,24)(H2,21,25,26). The number of hydrogen-bond acceptors (Lipinski definition) is 4. The van der Waals surface area contributed by atoms with E-state index in [9.17, 15) is 13.2 Å². The molecule has 0 aliphatic heterocycles. The van der Waals surface area contributed by atoms with E-state index in [0.717, 1.165) is 18.7 Å². The molecule has 1 amide bonds. The second-order valence-corrected chi connectivity index (χ2v) is 7.95. The third-order valence-electron chi connectivity index (χ3n) is 4.34. The van der Waals surface area contributed by atoms with Crippen molar-refractivity contribution in [3.8, 4) is 0 Å². The quantitative estimate of drug-likeness (QED) is 0.649. The first-order valence-electron chi connectivity index (χ1n) is 9.03. The molecule has 2 rings (SSSR count). The molecule has 2 aromatic carbocycles. The second-order valence-electron chi connectivity index (χ2n) is 6.39. The van der Waals surface area contributed by atoms with Gasteiger partial charge in [0.05, 0.1) is 4.90 Å². The number of nitrogens with zero attached hydrogens (tertiary/aromatic N) is 1. The van der Waals surface area contributed by atoms with E-state index in [2.05, 4.69) is 29.3 Å². The molecule has 27 heavy (non-hydrogen) atoms. The smallest absolute Gasteiger partial charge is 0.238 e. The van der Waals surface area contributed by atoms with E-state index in [1.54, 1.807) is 12.1 Å². The van der Waals surface area contributed by atoms with Crippen LogP contribution in [0, 0.1) is 0 Å². The number of carbonyl (C=O) groups is 1. The average molecular weight is 390 g/mol. The molecule has 0 saturated heterocycles. The van der Waals surface area contributed by atoms with E-state index in [0.29, 0.717) is 25.9 Å². The van der Waals surface area contributed by atoms with E-state index >= 15 is 0 Å². The minimum atomic E-state index is -3.67. The fourth-order valence-corrected chi connectivity index (χ4v) is 3.25. The van der Waals surface area contributed by atoms with Crippen molar-refractivity contribution in [2.24, 2.45) is 5.14 Å². The lowest BCUT2D eigenvalue weighted by molar-refractivity contribution is -0.121. The summed E-state index contributed by atoms with van der Waals surface area (Å²) >= 11 is 0. The maximum Gasteiger partial charge on any atom is 0.238 e. The number of sulfonamides is 1. The highest BCUT2D eigenvalue weighted by Crippen LogP contribution is 2.09. The Bertz CT molecular complexity index is 821. The second kappa shape index (κ2) is 10.2. The van der Waals surface area contributed by atoms with Crippen LogP contribution in [-0.4, -0.2) is 38.9 Å². The molecule has 7 heteroatoms. The Kier molecular flexibility index (Phi) is 7.97. The van der Waals surface area contributed by atoms with Gasteiger partial charge in [-0.15, -0.1) is 0 Å². The van der Waals surface area contributed by atoms with E-state index < -0.39 is 10.0 Å². The van der Waals surface area contributed by atoms with Crippen molar-refractivity contribution in [1.82, 2.24) is 10.2 Å². The van der Waals surface area contributed by atoms with Gasteiger partial charge < -0.3 is 5.32 Å². The lowest BCUT2D eigenvalue weighted by atomic mass is 10.1. The Morgan fingerprint density at radius 1 is 1.04 bits per heavy atom. The molecule has 0 unspecified atom stereocenters. The van der Waals surface area contributed by atoms with Crippen molar-refractivity contribution in [2.45, 2.75) is 31.2 Å². The van der Waals surface area contributed by atoms with E-state index in [4.69, 9.17) is 5.14 Å². The summed E-state index contributed by atoms with van der Waals surface area (Å²) in [6, 6.07) is 16.6.